The first kappa shape index (κ1) is 11.5. The van der Waals surface area contributed by atoms with Crippen molar-refractivity contribution in [3.05, 3.63) is 6.33 Å². The van der Waals surface area contributed by atoms with Crippen LogP contribution in [0.3, 0.4) is 0 Å². The summed E-state index contributed by atoms with van der Waals surface area (Å²) in [5, 5.41) is 1.53. The maximum absolute atomic E-state index is 5.75. The SMILES string of the molecule is COc1c(N)ncnc1SC1CCCCC1. The lowest BCUT2D eigenvalue weighted by atomic mass is 10.0. The van der Waals surface area contributed by atoms with Crippen molar-refractivity contribution in [1.29, 1.82) is 0 Å². The number of hydrogen-bond donors (Lipinski definition) is 1. The van der Waals surface area contributed by atoms with E-state index in [2.05, 4.69) is 9.97 Å². The van der Waals surface area contributed by atoms with Gasteiger partial charge in [-0.15, -0.1) is 0 Å². The molecule has 0 atom stereocenters. The fourth-order valence-electron chi connectivity index (χ4n) is 1.99. The molecule has 1 fully saturated rings. The van der Waals surface area contributed by atoms with Gasteiger partial charge in [0.25, 0.3) is 0 Å². The van der Waals surface area contributed by atoms with Crippen molar-refractivity contribution >= 4 is 17.6 Å². The van der Waals surface area contributed by atoms with Gasteiger partial charge in [-0.25, -0.2) is 9.97 Å². The quantitative estimate of drug-likeness (QED) is 0.821. The largest absolute Gasteiger partial charge is 0.490 e. The van der Waals surface area contributed by atoms with Crippen LogP contribution in [0.5, 0.6) is 5.75 Å². The van der Waals surface area contributed by atoms with E-state index in [1.54, 1.807) is 18.9 Å². The standard InChI is InChI=1S/C11H17N3OS/c1-15-9-10(12)13-7-14-11(9)16-8-5-3-2-4-6-8/h7-8H,2-6H2,1H3,(H2,12,13,14). The van der Waals surface area contributed by atoms with Gasteiger partial charge >= 0.3 is 0 Å². The van der Waals surface area contributed by atoms with Crippen LogP contribution in [0.15, 0.2) is 11.4 Å². The molecule has 1 aromatic rings. The zero-order valence-corrected chi connectivity index (χ0v) is 10.3. The predicted molar refractivity (Wildman–Crippen MR) is 65.7 cm³/mol. The molecule has 4 nitrogen and oxygen atoms in total. The number of thioether (sulfide) groups is 1. The zero-order chi connectivity index (χ0) is 11.4. The predicted octanol–water partition coefficient (Wildman–Crippen LogP) is 2.49. The summed E-state index contributed by atoms with van der Waals surface area (Å²) in [6.07, 6.45) is 8.03. The Kier molecular flexibility index (Phi) is 3.88. The molecule has 2 N–H and O–H groups in total. The molecule has 88 valence electrons. The molecular formula is C11H17N3OS. The van der Waals surface area contributed by atoms with Crippen molar-refractivity contribution < 1.29 is 4.74 Å². The Morgan fingerprint density at radius 3 is 2.75 bits per heavy atom. The summed E-state index contributed by atoms with van der Waals surface area (Å²) in [5.74, 6) is 1.05. The van der Waals surface area contributed by atoms with E-state index in [0.717, 1.165) is 5.03 Å². The highest BCUT2D eigenvalue weighted by Crippen LogP contribution is 2.38. The molecule has 1 aliphatic carbocycles. The molecule has 1 saturated carbocycles. The minimum absolute atomic E-state index is 0.427. The first-order valence-electron chi connectivity index (χ1n) is 5.62. The van der Waals surface area contributed by atoms with Gasteiger partial charge in [-0.3, -0.25) is 0 Å². The van der Waals surface area contributed by atoms with Gasteiger partial charge in [-0.05, 0) is 12.8 Å². The molecule has 1 heterocycles. The number of nitrogens with zero attached hydrogens (tertiary/aromatic N) is 2. The second-order valence-electron chi connectivity index (χ2n) is 3.98. The second-order valence-corrected chi connectivity index (χ2v) is 5.26. The van der Waals surface area contributed by atoms with E-state index in [1.807, 2.05) is 0 Å². The van der Waals surface area contributed by atoms with Crippen molar-refractivity contribution in [3.63, 3.8) is 0 Å². The topological polar surface area (TPSA) is 61.0 Å². The van der Waals surface area contributed by atoms with Crippen LogP contribution in [0.25, 0.3) is 0 Å². The third-order valence-corrected chi connectivity index (χ3v) is 4.15. The van der Waals surface area contributed by atoms with Gasteiger partial charge in [0.2, 0.25) is 0 Å². The van der Waals surface area contributed by atoms with Gasteiger partial charge < -0.3 is 10.5 Å². The first-order chi connectivity index (χ1) is 7.81. The Morgan fingerprint density at radius 2 is 2.06 bits per heavy atom. The number of aromatic nitrogens is 2. The Morgan fingerprint density at radius 1 is 1.31 bits per heavy atom. The minimum atomic E-state index is 0.427. The highest BCUT2D eigenvalue weighted by Gasteiger charge is 2.18. The van der Waals surface area contributed by atoms with Crippen LogP contribution in [-0.4, -0.2) is 22.3 Å². The molecule has 0 unspecified atom stereocenters. The number of anilines is 1. The Balaban J connectivity index is 2.10. The highest BCUT2D eigenvalue weighted by molar-refractivity contribution is 8.00. The van der Waals surface area contributed by atoms with E-state index >= 15 is 0 Å². The molecule has 0 amide bonds. The van der Waals surface area contributed by atoms with Gasteiger partial charge in [0.15, 0.2) is 11.6 Å². The molecule has 0 aliphatic heterocycles. The van der Waals surface area contributed by atoms with Gasteiger partial charge in [-0.2, -0.15) is 0 Å². The van der Waals surface area contributed by atoms with Crippen LogP contribution in [0.2, 0.25) is 0 Å². The summed E-state index contributed by atoms with van der Waals surface area (Å²) in [6, 6.07) is 0. The summed E-state index contributed by atoms with van der Waals surface area (Å²) in [5.41, 5.74) is 5.75. The van der Waals surface area contributed by atoms with Crippen LogP contribution in [0, 0.1) is 0 Å². The van der Waals surface area contributed by atoms with Crippen molar-refractivity contribution in [3.8, 4) is 5.75 Å². The summed E-state index contributed by atoms with van der Waals surface area (Å²) < 4.78 is 5.25. The number of hydrogen-bond acceptors (Lipinski definition) is 5. The van der Waals surface area contributed by atoms with E-state index in [4.69, 9.17) is 10.5 Å². The average Bonchev–Trinajstić information content (AvgIpc) is 2.31. The fourth-order valence-corrected chi connectivity index (χ4v) is 3.27. The maximum Gasteiger partial charge on any atom is 0.193 e. The van der Waals surface area contributed by atoms with Gasteiger partial charge in [0.05, 0.1) is 7.11 Å². The second kappa shape index (κ2) is 5.39. The van der Waals surface area contributed by atoms with E-state index < -0.39 is 0 Å². The monoisotopic (exact) mass is 239 g/mol. The molecule has 2 rings (SSSR count). The third-order valence-electron chi connectivity index (χ3n) is 2.83. The normalized spacial score (nSPS) is 17.3. The molecule has 0 saturated heterocycles. The molecule has 0 radical (unpaired) electrons. The number of nitrogen functional groups attached to an aromatic ring is 1. The molecule has 1 aliphatic rings. The molecule has 1 aromatic heterocycles. The van der Waals surface area contributed by atoms with Crippen molar-refractivity contribution in [2.45, 2.75) is 42.4 Å². The molecule has 0 spiro atoms. The number of rotatable bonds is 3. The molecule has 5 heteroatoms. The van der Waals surface area contributed by atoms with E-state index in [1.165, 1.54) is 38.4 Å². The van der Waals surface area contributed by atoms with Crippen LogP contribution < -0.4 is 10.5 Å². The summed E-state index contributed by atoms with van der Waals surface area (Å²) in [6.45, 7) is 0. The lowest BCUT2D eigenvalue weighted by Gasteiger charge is -2.21. The van der Waals surface area contributed by atoms with Crippen LogP contribution in [-0.2, 0) is 0 Å². The third kappa shape index (κ3) is 2.58. The van der Waals surface area contributed by atoms with Crippen LogP contribution in [0.1, 0.15) is 32.1 Å². The zero-order valence-electron chi connectivity index (χ0n) is 9.48. The van der Waals surface area contributed by atoms with Crippen LogP contribution in [0.4, 0.5) is 5.82 Å². The lowest BCUT2D eigenvalue weighted by Crippen LogP contribution is -2.09. The fraction of sp³-hybridized carbons (Fsp3) is 0.636. The number of methoxy groups -OCH3 is 1. The van der Waals surface area contributed by atoms with Crippen molar-refractivity contribution in [1.82, 2.24) is 9.97 Å². The Hall–Kier alpha value is -0.970. The molecule has 16 heavy (non-hydrogen) atoms. The van der Waals surface area contributed by atoms with E-state index in [9.17, 15) is 0 Å². The maximum atomic E-state index is 5.75. The summed E-state index contributed by atoms with van der Waals surface area (Å²) in [7, 11) is 1.61. The summed E-state index contributed by atoms with van der Waals surface area (Å²) >= 11 is 1.77. The summed E-state index contributed by atoms with van der Waals surface area (Å²) in [4.78, 5) is 8.18. The first-order valence-corrected chi connectivity index (χ1v) is 6.50. The van der Waals surface area contributed by atoms with E-state index in [-0.39, 0.29) is 0 Å². The average molecular weight is 239 g/mol. The highest BCUT2D eigenvalue weighted by atomic mass is 32.2. The Labute approximate surface area is 100.0 Å². The smallest absolute Gasteiger partial charge is 0.193 e. The van der Waals surface area contributed by atoms with Crippen molar-refractivity contribution in [2.24, 2.45) is 0 Å². The van der Waals surface area contributed by atoms with Gasteiger partial charge in [-0.1, -0.05) is 31.0 Å². The molecule has 0 aromatic carbocycles. The number of nitrogens with two attached hydrogens (primary N) is 1. The minimum Gasteiger partial charge on any atom is -0.490 e. The van der Waals surface area contributed by atoms with Crippen LogP contribution >= 0.6 is 11.8 Å². The van der Waals surface area contributed by atoms with Gasteiger partial charge in [0, 0.05) is 5.25 Å². The molecular weight excluding hydrogens is 222 g/mol. The van der Waals surface area contributed by atoms with Gasteiger partial charge in [0.1, 0.15) is 11.4 Å². The number of ether oxygens (including phenoxy) is 1. The molecule has 0 bridgehead atoms. The Bertz CT molecular complexity index is 353. The van der Waals surface area contributed by atoms with Crippen molar-refractivity contribution in [2.75, 3.05) is 12.8 Å². The van der Waals surface area contributed by atoms with E-state index in [0.29, 0.717) is 16.8 Å². The lowest BCUT2D eigenvalue weighted by molar-refractivity contribution is 0.400.